The maximum atomic E-state index is 14.8. The molecular formula is C19H15F2N5O2. The Bertz CT molecular complexity index is 1230. The highest BCUT2D eigenvalue weighted by molar-refractivity contribution is 6.00. The Labute approximate surface area is 157 Å². The van der Waals surface area contributed by atoms with E-state index < -0.39 is 17.9 Å². The number of rotatable bonds is 4. The highest BCUT2D eigenvalue weighted by Gasteiger charge is 2.43. The van der Waals surface area contributed by atoms with E-state index in [1.54, 1.807) is 24.4 Å². The van der Waals surface area contributed by atoms with Gasteiger partial charge in [-0.05, 0) is 24.6 Å². The number of carbonyl (C=O) groups is 1. The summed E-state index contributed by atoms with van der Waals surface area (Å²) in [5, 5.41) is 3.35. The number of hydrogen-bond donors (Lipinski definition) is 3. The van der Waals surface area contributed by atoms with Crippen LogP contribution in [0.1, 0.15) is 6.42 Å². The van der Waals surface area contributed by atoms with Gasteiger partial charge in [0.25, 0.3) is 0 Å². The Kier molecular flexibility index (Phi) is 3.58. The number of aromatic amines is 2. The molecule has 1 fully saturated rings. The number of amides is 1. The Balaban J connectivity index is 1.57. The van der Waals surface area contributed by atoms with Crippen molar-refractivity contribution in [1.29, 1.82) is 0 Å². The summed E-state index contributed by atoms with van der Waals surface area (Å²) in [6.07, 6.45) is 2.30. The van der Waals surface area contributed by atoms with Gasteiger partial charge in [-0.15, -0.1) is 0 Å². The van der Waals surface area contributed by atoms with Crippen LogP contribution in [0.25, 0.3) is 33.2 Å². The number of carbonyl (C=O) groups excluding carboxylic acids is 1. The van der Waals surface area contributed by atoms with Gasteiger partial charge in [0.2, 0.25) is 5.91 Å². The zero-order valence-electron chi connectivity index (χ0n) is 14.7. The average molecular weight is 383 g/mol. The van der Waals surface area contributed by atoms with E-state index in [0.717, 1.165) is 5.39 Å². The van der Waals surface area contributed by atoms with E-state index in [4.69, 9.17) is 4.74 Å². The van der Waals surface area contributed by atoms with Crippen molar-refractivity contribution in [1.82, 2.24) is 19.9 Å². The van der Waals surface area contributed by atoms with E-state index in [2.05, 4.69) is 25.3 Å². The third-order valence-electron chi connectivity index (χ3n) is 4.94. The molecule has 1 aromatic carbocycles. The Morgan fingerprint density at radius 2 is 2.14 bits per heavy atom. The van der Waals surface area contributed by atoms with Crippen molar-refractivity contribution < 1.29 is 18.3 Å². The molecule has 9 heteroatoms. The first-order valence-corrected chi connectivity index (χ1v) is 8.70. The standard InChI is InChI=1S/C19H15F2N5O2/c1-28-17-9(5-13-16(15(17)21)24-7-23-13)11-6-22-18-8(11)2-3-14(25-18)26-19(27)10-4-12(10)20/h2-3,5-7,10,12H,4H2,1H3,(H,23,24)(H2,22,25,26,27)/t10-,12+/m1/s1. The molecule has 3 aromatic heterocycles. The second kappa shape index (κ2) is 6.01. The molecule has 5 rings (SSSR count). The molecule has 0 radical (unpaired) electrons. The fourth-order valence-corrected chi connectivity index (χ4v) is 3.38. The number of nitrogens with one attached hydrogen (secondary N) is 3. The van der Waals surface area contributed by atoms with Crippen LogP contribution in [0.4, 0.5) is 14.6 Å². The van der Waals surface area contributed by atoms with Crippen LogP contribution in [-0.2, 0) is 4.79 Å². The lowest BCUT2D eigenvalue weighted by Gasteiger charge is -2.10. The zero-order valence-corrected chi connectivity index (χ0v) is 14.7. The van der Waals surface area contributed by atoms with Gasteiger partial charge in [-0.25, -0.2) is 18.7 Å². The number of ether oxygens (including phenoxy) is 1. The van der Waals surface area contributed by atoms with Gasteiger partial charge in [-0.3, -0.25) is 4.79 Å². The van der Waals surface area contributed by atoms with Crippen LogP contribution >= 0.6 is 0 Å². The third-order valence-corrected chi connectivity index (χ3v) is 4.94. The topological polar surface area (TPSA) is 95.7 Å². The zero-order chi connectivity index (χ0) is 19.4. The molecule has 3 N–H and O–H groups in total. The van der Waals surface area contributed by atoms with Gasteiger partial charge in [-0.2, -0.15) is 0 Å². The maximum Gasteiger partial charge on any atom is 0.231 e. The van der Waals surface area contributed by atoms with Gasteiger partial charge in [0.05, 0.1) is 24.9 Å². The van der Waals surface area contributed by atoms with Crippen molar-refractivity contribution in [3.63, 3.8) is 0 Å². The lowest BCUT2D eigenvalue weighted by atomic mass is 10.0. The molecule has 0 aliphatic heterocycles. The molecule has 1 aliphatic rings. The molecule has 142 valence electrons. The number of pyridine rings is 1. The van der Waals surface area contributed by atoms with Gasteiger partial charge < -0.3 is 20.0 Å². The van der Waals surface area contributed by atoms with Crippen molar-refractivity contribution in [2.75, 3.05) is 12.4 Å². The molecule has 0 spiro atoms. The first kappa shape index (κ1) is 16.7. The molecular weight excluding hydrogens is 368 g/mol. The van der Waals surface area contributed by atoms with Crippen LogP contribution in [0.2, 0.25) is 0 Å². The number of alkyl halides is 1. The normalized spacial score (nSPS) is 18.5. The summed E-state index contributed by atoms with van der Waals surface area (Å²) in [5.41, 5.74) is 2.49. The lowest BCUT2D eigenvalue weighted by molar-refractivity contribution is -0.117. The molecule has 7 nitrogen and oxygen atoms in total. The molecule has 1 aliphatic carbocycles. The van der Waals surface area contributed by atoms with Crippen molar-refractivity contribution >= 4 is 33.8 Å². The summed E-state index contributed by atoms with van der Waals surface area (Å²) in [6, 6.07) is 5.15. The van der Waals surface area contributed by atoms with E-state index in [1.807, 2.05) is 0 Å². The SMILES string of the molecule is COc1c(-c2c[nH]c3nc(NC(=O)[C@@H]4C[C@@H]4F)ccc23)cc2[nH]cnc2c1F. The van der Waals surface area contributed by atoms with Crippen molar-refractivity contribution in [2.45, 2.75) is 12.6 Å². The van der Waals surface area contributed by atoms with Gasteiger partial charge in [0, 0.05) is 22.7 Å². The largest absolute Gasteiger partial charge is 0.493 e. The molecule has 0 saturated heterocycles. The van der Waals surface area contributed by atoms with E-state index in [0.29, 0.717) is 28.1 Å². The highest BCUT2D eigenvalue weighted by Crippen LogP contribution is 2.39. The molecule has 3 heterocycles. The first-order valence-electron chi connectivity index (χ1n) is 8.70. The quantitative estimate of drug-likeness (QED) is 0.502. The second-order valence-corrected chi connectivity index (χ2v) is 6.71. The minimum Gasteiger partial charge on any atom is -0.493 e. The highest BCUT2D eigenvalue weighted by atomic mass is 19.1. The molecule has 0 bridgehead atoms. The Morgan fingerprint density at radius 3 is 2.89 bits per heavy atom. The number of imidazole rings is 1. The van der Waals surface area contributed by atoms with Crippen LogP contribution in [0.15, 0.2) is 30.7 Å². The minimum absolute atomic E-state index is 0.0839. The molecule has 1 saturated carbocycles. The predicted octanol–water partition coefficient (Wildman–Crippen LogP) is 3.55. The monoisotopic (exact) mass is 383 g/mol. The number of anilines is 1. The molecule has 4 aromatic rings. The van der Waals surface area contributed by atoms with Crippen molar-refractivity contribution in [2.24, 2.45) is 5.92 Å². The summed E-state index contributed by atoms with van der Waals surface area (Å²) in [6.45, 7) is 0. The number of benzene rings is 1. The smallest absolute Gasteiger partial charge is 0.231 e. The average Bonchev–Trinajstić information content (AvgIpc) is 3.07. The Hall–Kier alpha value is -3.49. The van der Waals surface area contributed by atoms with E-state index in [9.17, 15) is 13.6 Å². The summed E-state index contributed by atoms with van der Waals surface area (Å²) < 4.78 is 33.1. The summed E-state index contributed by atoms with van der Waals surface area (Å²) >= 11 is 0. The third kappa shape index (κ3) is 2.50. The number of nitrogens with zero attached hydrogens (tertiary/aromatic N) is 2. The van der Waals surface area contributed by atoms with Crippen LogP contribution in [-0.4, -0.2) is 39.1 Å². The van der Waals surface area contributed by atoms with E-state index >= 15 is 0 Å². The van der Waals surface area contributed by atoms with Crippen molar-refractivity contribution in [3.8, 4) is 16.9 Å². The lowest BCUT2D eigenvalue weighted by Crippen LogP contribution is -2.15. The first-order chi connectivity index (χ1) is 13.6. The predicted molar refractivity (Wildman–Crippen MR) is 99.3 cm³/mol. The van der Waals surface area contributed by atoms with Crippen molar-refractivity contribution in [3.05, 3.63) is 36.5 Å². The van der Waals surface area contributed by atoms with E-state index in [-0.39, 0.29) is 23.6 Å². The number of H-pyrrole nitrogens is 2. The van der Waals surface area contributed by atoms with E-state index in [1.165, 1.54) is 13.4 Å². The summed E-state index contributed by atoms with van der Waals surface area (Å²) in [7, 11) is 1.40. The maximum absolute atomic E-state index is 14.8. The van der Waals surface area contributed by atoms with Gasteiger partial charge in [0.15, 0.2) is 11.6 Å². The minimum atomic E-state index is -1.07. The number of hydrogen-bond acceptors (Lipinski definition) is 4. The second-order valence-electron chi connectivity index (χ2n) is 6.71. The fourth-order valence-electron chi connectivity index (χ4n) is 3.38. The molecule has 28 heavy (non-hydrogen) atoms. The van der Waals surface area contributed by atoms with Gasteiger partial charge >= 0.3 is 0 Å². The number of halogens is 2. The molecule has 2 atom stereocenters. The molecule has 1 amide bonds. The number of methoxy groups -OCH3 is 1. The van der Waals surface area contributed by atoms with Crippen LogP contribution in [0.3, 0.4) is 0 Å². The summed E-state index contributed by atoms with van der Waals surface area (Å²) in [5.74, 6) is -1.11. The van der Waals surface area contributed by atoms with Gasteiger partial charge in [0.1, 0.15) is 23.2 Å². The molecule has 0 unspecified atom stereocenters. The van der Waals surface area contributed by atoms with Crippen LogP contribution < -0.4 is 10.1 Å². The number of aromatic nitrogens is 4. The summed E-state index contributed by atoms with van der Waals surface area (Å²) in [4.78, 5) is 26.2. The number of fused-ring (bicyclic) bond motifs is 2. The van der Waals surface area contributed by atoms with Crippen LogP contribution in [0, 0.1) is 11.7 Å². The fraction of sp³-hybridized carbons (Fsp3) is 0.211. The van der Waals surface area contributed by atoms with Gasteiger partial charge in [-0.1, -0.05) is 0 Å². The Morgan fingerprint density at radius 1 is 1.32 bits per heavy atom. The van der Waals surface area contributed by atoms with Crippen LogP contribution in [0.5, 0.6) is 5.75 Å².